The Kier molecular flexibility index (Phi) is 6.80. The highest BCUT2D eigenvalue weighted by atomic mass is 32.2. The minimum Gasteiger partial charge on any atom is -0.340 e. The molecule has 2 aromatic rings. The van der Waals surface area contributed by atoms with Gasteiger partial charge in [-0.15, -0.1) is 0 Å². The van der Waals surface area contributed by atoms with Gasteiger partial charge in [0.15, 0.2) is 0 Å². The van der Waals surface area contributed by atoms with Crippen LogP contribution < -0.4 is 15.4 Å². The van der Waals surface area contributed by atoms with Crippen LogP contribution in [0.1, 0.15) is 16.8 Å². The summed E-state index contributed by atoms with van der Waals surface area (Å²) in [6.45, 7) is 2.07. The lowest BCUT2D eigenvalue weighted by Crippen LogP contribution is -2.44. The van der Waals surface area contributed by atoms with Gasteiger partial charge in [-0.3, -0.25) is 14.5 Å². The molecule has 0 radical (unpaired) electrons. The minimum absolute atomic E-state index is 0.0184. The summed E-state index contributed by atoms with van der Waals surface area (Å²) in [5.41, 5.74) is -0.0834. The highest BCUT2D eigenvalue weighted by Gasteiger charge is 2.26. The fraction of sp³-hybridized carbons (Fsp3) is 0.300. The van der Waals surface area contributed by atoms with E-state index in [0.29, 0.717) is 19.6 Å². The van der Waals surface area contributed by atoms with Crippen molar-refractivity contribution in [1.82, 2.24) is 10.2 Å². The third-order valence-corrected chi connectivity index (χ3v) is 5.70. The van der Waals surface area contributed by atoms with Crippen LogP contribution in [-0.2, 0) is 14.8 Å². The van der Waals surface area contributed by atoms with E-state index < -0.39 is 21.7 Å². The Morgan fingerprint density at radius 3 is 2.60 bits per heavy atom. The number of hydrogen-bond acceptors (Lipinski definition) is 5. The second kappa shape index (κ2) is 9.33. The zero-order valence-electron chi connectivity index (χ0n) is 16.3. The average Bonchev–Trinajstić information content (AvgIpc) is 3.01. The van der Waals surface area contributed by atoms with Gasteiger partial charge < -0.3 is 10.2 Å². The van der Waals surface area contributed by atoms with E-state index in [0.717, 1.165) is 23.9 Å². The zero-order chi connectivity index (χ0) is 21.7. The lowest BCUT2D eigenvalue weighted by atomic mass is 10.1. The van der Waals surface area contributed by atoms with Crippen LogP contribution in [0.5, 0.6) is 0 Å². The number of rotatable bonds is 5. The summed E-state index contributed by atoms with van der Waals surface area (Å²) in [4.78, 5) is 28.5. The number of primary sulfonamides is 1. The topological polar surface area (TPSA) is 113 Å². The van der Waals surface area contributed by atoms with Crippen LogP contribution in [0, 0.1) is 5.82 Å². The number of nitrogens with zero attached hydrogens (tertiary/aromatic N) is 2. The first kappa shape index (κ1) is 21.9. The van der Waals surface area contributed by atoms with Crippen molar-refractivity contribution in [3.63, 3.8) is 0 Å². The van der Waals surface area contributed by atoms with Crippen LogP contribution in [-0.4, -0.2) is 57.9 Å². The number of para-hydroxylation sites is 1. The Morgan fingerprint density at radius 2 is 1.87 bits per heavy atom. The van der Waals surface area contributed by atoms with E-state index in [1.54, 1.807) is 11.0 Å². The van der Waals surface area contributed by atoms with E-state index in [1.807, 2.05) is 0 Å². The summed E-state index contributed by atoms with van der Waals surface area (Å²) >= 11 is 0. The Balaban J connectivity index is 1.95. The molecule has 1 fully saturated rings. The van der Waals surface area contributed by atoms with Crippen molar-refractivity contribution in [3.05, 3.63) is 59.9 Å². The average molecular weight is 434 g/mol. The SMILES string of the molecule is NS(=O)(=O)c1cccc(C(=O)N(CC(=O)N2CCCNCC2)c2ccccc2F)c1. The molecule has 0 bridgehead atoms. The molecule has 1 heterocycles. The molecule has 0 unspecified atom stereocenters. The monoisotopic (exact) mass is 434 g/mol. The summed E-state index contributed by atoms with van der Waals surface area (Å²) in [5.74, 6) is -1.69. The minimum atomic E-state index is -4.03. The molecule has 0 saturated carbocycles. The molecular weight excluding hydrogens is 411 g/mol. The van der Waals surface area contributed by atoms with Gasteiger partial charge in [-0.05, 0) is 43.3 Å². The summed E-state index contributed by atoms with van der Waals surface area (Å²) < 4.78 is 37.8. The molecule has 1 saturated heterocycles. The van der Waals surface area contributed by atoms with Crippen LogP contribution in [0.2, 0.25) is 0 Å². The first-order valence-electron chi connectivity index (χ1n) is 9.45. The lowest BCUT2D eigenvalue weighted by molar-refractivity contribution is -0.129. The van der Waals surface area contributed by atoms with Gasteiger partial charge in [0, 0.05) is 25.2 Å². The quantitative estimate of drug-likeness (QED) is 0.727. The van der Waals surface area contributed by atoms with Gasteiger partial charge in [0.2, 0.25) is 15.9 Å². The Labute approximate surface area is 174 Å². The summed E-state index contributed by atoms with van der Waals surface area (Å²) in [6, 6.07) is 10.8. The van der Waals surface area contributed by atoms with Crippen LogP contribution in [0.3, 0.4) is 0 Å². The molecule has 160 valence electrons. The smallest absolute Gasteiger partial charge is 0.258 e. The van der Waals surface area contributed by atoms with Gasteiger partial charge in [-0.2, -0.15) is 0 Å². The van der Waals surface area contributed by atoms with Crippen LogP contribution in [0.4, 0.5) is 10.1 Å². The number of benzene rings is 2. The standard InChI is InChI=1S/C20H23FN4O4S/c21-17-7-1-2-8-18(17)25(14-19(26)24-11-4-9-23-10-12-24)20(27)15-5-3-6-16(13-15)30(22,28)29/h1-3,5-8,13,23H,4,9-12,14H2,(H2,22,28,29). The van der Waals surface area contributed by atoms with E-state index >= 15 is 0 Å². The number of anilines is 1. The van der Waals surface area contributed by atoms with Crippen molar-refractivity contribution < 1.29 is 22.4 Å². The van der Waals surface area contributed by atoms with E-state index in [1.165, 1.54) is 36.4 Å². The molecule has 3 rings (SSSR count). The maximum atomic E-state index is 14.5. The van der Waals surface area contributed by atoms with Gasteiger partial charge in [0.05, 0.1) is 10.6 Å². The molecule has 3 N–H and O–H groups in total. The van der Waals surface area contributed by atoms with Crippen molar-refractivity contribution >= 4 is 27.5 Å². The second-order valence-corrected chi connectivity index (χ2v) is 8.46. The lowest BCUT2D eigenvalue weighted by Gasteiger charge is -2.27. The van der Waals surface area contributed by atoms with E-state index in [2.05, 4.69) is 5.32 Å². The number of carbonyl (C=O) groups is 2. The molecule has 0 aromatic heterocycles. The molecule has 0 aliphatic carbocycles. The van der Waals surface area contributed by atoms with E-state index in [9.17, 15) is 22.4 Å². The van der Waals surface area contributed by atoms with Gasteiger partial charge in [-0.1, -0.05) is 18.2 Å². The largest absolute Gasteiger partial charge is 0.340 e. The van der Waals surface area contributed by atoms with Crippen LogP contribution >= 0.6 is 0 Å². The number of nitrogens with two attached hydrogens (primary N) is 1. The molecule has 2 aromatic carbocycles. The zero-order valence-corrected chi connectivity index (χ0v) is 17.1. The number of amides is 2. The molecule has 0 atom stereocenters. The van der Waals surface area contributed by atoms with Gasteiger partial charge in [-0.25, -0.2) is 17.9 Å². The van der Waals surface area contributed by atoms with Crippen molar-refractivity contribution in [2.75, 3.05) is 37.6 Å². The van der Waals surface area contributed by atoms with Gasteiger partial charge >= 0.3 is 0 Å². The normalized spacial score (nSPS) is 14.8. The first-order chi connectivity index (χ1) is 14.3. The van der Waals surface area contributed by atoms with Crippen molar-refractivity contribution in [2.24, 2.45) is 5.14 Å². The maximum Gasteiger partial charge on any atom is 0.258 e. The Morgan fingerprint density at radius 1 is 1.10 bits per heavy atom. The summed E-state index contributed by atoms with van der Waals surface area (Å²) in [6.07, 6.45) is 0.774. The molecule has 8 nitrogen and oxygen atoms in total. The maximum absolute atomic E-state index is 14.5. The Hall–Kier alpha value is -2.82. The Bertz CT molecular complexity index is 1040. The third kappa shape index (κ3) is 5.21. The number of halogens is 1. The highest BCUT2D eigenvalue weighted by molar-refractivity contribution is 7.89. The van der Waals surface area contributed by atoms with Crippen molar-refractivity contribution in [2.45, 2.75) is 11.3 Å². The van der Waals surface area contributed by atoms with Gasteiger partial charge in [0.25, 0.3) is 5.91 Å². The molecule has 0 spiro atoms. The molecule has 1 aliphatic rings. The third-order valence-electron chi connectivity index (χ3n) is 4.78. The van der Waals surface area contributed by atoms with Crippen LogP contribution in [0.25, 0.3) is 0 Å². The highest BCUT2D eigenvalue weighted by Crippen LogP contribution is 2.22. The van der Waals surface area contributed by atoms with Crippen molar-refractivity contribution in [3.8, 4) is 0 Å². The predicted octanol–water partition coefficient (Wildman–Crippen LogP) is 0.942. The van der Waals surface area contributed by atoms with E-state index in [4.69, 9.17) is 5.14 Å². The second-order valence-electron chi connectivity index (χ2n) is 6.90. The molecule has 2 amide bonds. The predicted molar refractivity (Wildman–Crippen MR) is 110 cm³/mol. The molecular formula is C20H23FN4O4S. The molecule has 30 heavy (non-hydrogen) atoms. The first-order valence-corrected chi connectivity index (χ1v) is 11.0. The number of carbonyl (C=O) groups excluding carboxylic acids is 2. The number of hydrogen-bond donors (Lipinski definition) is 2. The number of sulfonamides is 1. The fourth-order valence-electron chi connectivity index (χ4n) is 3.23. The summed E-state index contributed by atoms with van der Waals surface area (Å²) in [5, 5.41) is 8.34. The van der Waals surface area contributed by atoms with Crippen molar-refractivity contribution in [1.29, 1.82) is 0 Å². The molecule has 1 aliphatic heterocycles. The fourth-order valence-corrected chi connectivity index (χ4v) is 3.79. The summed E-state index contributed by atoms with van der Waals surface area (Å²) in [7, 11) is -4.03. The van der Waals surface area contributed by atoms with Gasteiger partial charge in [0.1, 0.15) is 12.4 Å². The number of nitrogens with one attached hydrogen (secondary N) is 1. The van der Waals surface area contributed by atoms with E-state index in [-0.39, 0.29) is 28.6 Å². The van der Waals surface area contributed by atoms with Crippen LogP contribution in [0.15, 0.2) is 53.4 Å². The molecule has 10 heteroatoms.